The van der Waals surface area contributed by atoms with Crippen LogP contribution in [0.2, 0.25) is 5.02 Å². The molecular formula is C29H34ClN3O4S. The second kappa shape index (κ2) is 13.4. The molecule has 1 N–H and O–H groups in total. The molecule has 3 rings (SSSR count). The molecule has 2 amide bonds. The number of hydrogen-bond acceptors (Lipinski definition) is 4. The Labute approximate surface area is 230 Å². The van der Waals surface area contributed by atoms with E-state index in [4.69, 9.17) is 11.6 Å². The van der Waals surface area contributed by atoms with Crippen molar-refractivity contribution in [2.75, 3.05) is 17.1 Å². The molecule has 0 heterocycles. The van der Waals surface area contributed by atoms with Crippen molar-refractivity contribution in [1.82, 2.24) is 10.2 Å². The van der Waals surface area contributed by atoms with Crippen LogP contribution in [0, 0.1) is 0 Å². The quantitative estimate of drug-likeness (QED) is 0.352. The van der Waals surface area contributed by atoms with Gasteiger partial charge in [0.15, 0.2) is 0 Å². The van der Waals surface area contributed by atoms with Gasteiger partial charge in [-0.2, -0.15) is 0 Å². The van der Waals surface area contributed by atoms with Gasteiger partial charge in [0, 0.05) is 24.0 Å². The number of carbonyl (C=O) groups excluding carboxylic acids is 2. The van der Waals surface area contributed by atoms with E-state index in [1.165, 1.54) is 4.90 Å². The van der Waals surface area contributed by atoms with Crippen molar-refractivity contribution in [2.24, 2.45) is 0 Å². The van der Waals surface area contributed by atoms with Gasteiger partial charge >= 0.3 is 0 Å². The molecule has 9 heteroatoms. The van der Waals surface area contributed by atoms with Crippen LogP contribution in [0.1, 0.15) is 31.4 Å². The minimum atomic E-state index is -3.82. The van der Waals surface area contributed by atoms with Crippen molar-refractivity contribution in [3.05, 3.63) is 101 Å². The van der Waals surface area contributed by atoms with Crippen molar-refractivity contribution in [3.63, 3.8) is 0 Å². The summed E-state index contributed by atoms with van der Waals surface area (Å²) >= 11 is 6.00. The maximum absolute atomic E-state index is 14.0. The van der Waals surface area contributed by atoms with Crippen LogP contribution in [0.15, 0.2) is 84.9 Å². The molecule has 0 bridgehead atoms. The van der Waals surface area contributed by atoms with E-state index in [1.54, 1.807) is 24.3 Å². The van der Waals surface area contributed by atoms with Crippen molar-refractivity contribution in [1.29, 1.82) is 0 Å². The van der Waals surface area contributed by atoms with Gasteiger partial charge in [-0.3, -0.25) is 13.9 Å². The van der Waals surface area contributed by atoms with Gasteiger partial charge < -0.3 is 10.2 Å². The largest absolute Gasteiger partial charge is 0.352 e. The molecule has 0 radical (unpaired) electrons. The summed E-state index contributed by atoms with van der Waals surface area (Å²) in [5.41, 5.74) is 2.03. The predicted molar refractivity (Wildman–Crippen MR) is 152 cm³/mol. The Morgan fingerprint density at radius 3 is 1.97 bits per heavy atom. The first-order chi connectivity index (χ1) is 18.1. The van der Waals surface area contributed by atoms with Gasteiger partial charge in [-0.25, -0.2) is 8.42 Å². The summed E-state index contributed by atoms with van der Waals surface area (Å²) in [6, 6.07) is 24.1. The highest BCUT2D eigenvalue weighted by Crippen LogP contribution is 2.22. The molecule has 0 saturated heterocycles. The van der Waals surface area contributed by atoms with Crippen LogP contribution in [0.4, 0.5) is 5.69 Å². The lowest BCUT2D eigenvalue weighted by molar-refractivity contribution is -0.140. The molecular weight excluding hydrogens is 522 g/mol. The number of sulfonamides is 1. The Bertz CT molecular complexity index is 1300. The van der Waals surface area contributed by atoms with E-state index in [9.17, 15) is 18.0 Å². The maximum Gasteiger partial charge on any atom is 0.244 e. The van der Waals surface area contributed by atoms with Gasteiger partial charge in [0.2, 0.25) is 21.8 Å². The number of benzene rings is 3. The monoisotopic (exact) mass is 555 g/mol. The molecule has 0 aliphatic rings. The maximum atomic E-state index is 14.0. The number of carbonyl (C=O) groups is 2. The van der Waals surface area contributed by atoms with Crippen LogP contribution >= 0.6 is 11.6 Å². The molecule has 38 heavy (non-hydrogen) atoms. The fourth-order valence-electron chi connectivity index (χ4n) is 4.00. The van der Waals surface area contributed by atoms with Crippen molar-refractivity contribution >= 4 is 39.1 Å². The lowest BCUT2D eigenvalue weighted by atomic mass is 10.0. The second-order valence-electron chi connectivity index (χ2n) is 9.28. The Morgan fingerprint density at radius 1 is 0.895 bits per heavy atom. The molecule has 0 spiro atoms. The van der Waals surface area contributed by atoms with Gasteiger partial charge in [-0.1, -0.05) is 79.2 Å². The molecule has 7 nitrogen and oxygen atoms in total. The zero-order valence-electron chi connectivity index (χ0n) is 21.9. The fourth-order valence-corrected chi connectivity index (χ4v) is 4.97. The normalized spacial score (nSPS) is 12.8. The zero-order chi connectivity index (χ0) is 27.7. The van der Waals surface area contributed by atoms with Crippen LogP contribution in [0.3, 0.4) is 0 Å². The van der Waals surface area contributed by atoms with E-state index in [0.717, 1.165) is 28.1 Å². The average Bonchev–Trinajstić information content (AvgIpc) is 2.90. The van der Waals surface area contributed by atoms with Crippen LogP contribution in [0.25, 0.3) is 0 Å². The number of halogens is 1. The van der Waals surface area contributed by atoms with Crippen LogP contribution in [0.5, 0.6) is 0 Å². The summed E-state index contributed by atoms with van der Waals surface area (Å²) in [5.74, 6) is -0.778. The Hall–Kier alpha value is -3.36. The zero-order valence-corrected chi connectivity index (χ0v) is 23.5. The number of nitrogens with one attached hydrogen (secondary N) is 1. The molecule has 202 valence electrons. The molecule has 0 aromatic heterocycles. The molecule has 0 saturated carbocycles. The molecule has 3 aromatic carbocycles. The molecule has 2 atom stereocenters. The topological polar surface area (TPSA) is 86.8 Å². The Kier molecular flexibility index (Phi) is 10.3. The number of nitrogens with zero attached hydrogens (tertiary/aromatic N) is 2. The highest BCUT2D eigenvalue weighted by atomic mass is 35.5. The molecule has 0 unspecified atom stereocenters. The lowest BCUT2D eigenvalue weighted by Crippen LogP contribution is -2.54. The Balaban J connectivity index is 2.03. The van der Waals surface area contributed by atoms with Crippen molar-refractivity contribution in [3.8, 4) is 0 Å². The van der Waals surface area contributed by atoms with Gasteiger partial charge in [0.25, 0.3) is 0 Å². The summed E-state index contributed by atoms with van der Waals surface area (Å²) in [4.78, 5) is 29.0. The summed E-state index contributed by atoms with van der Waals surface area (Å²) in [5, 5.41) is 3.46. The SMILES string of the molecule is CC[C@H](C)NC(=O)[C@H](Cc1ccccc1)N(Cc1ccccc1)C(=O)CN(c1ccc(Cl)cc1)S(C)(=O)=O. The molecule has 0 aliphatic heterocycles. The first-order valence-corrected chi connectivity index (χ1v) is 14.7. The summed E-state index contributed by atoms with van der Waals surface area (Å²) in [6.45, 7) is 3.56. The average molecular weight is 556 g/mol. The highest BCUT2D eigenvalue weighted by molar-refractivity contribution is 7.92. The lowest BCUT2D eigenvalue weighted by Gasteiger charge is -2.34. The van der Waals surface area contributed by atoms with E-state index in [1.807, 2.05) is 74.5 Å². The number of anilines is 1. The number of rotatable bonds is 12. The van der Waals surface area contributed by atoms with E-state index in [-0.39, 0.29) is 24.9 Å². The standard InChI is InChI=1S/C29H34ClN3O4S/c1-4-22(2)31-29(35)27(19-23-11-7-5-8-12-23)32(20-24-13-9-6-10-14-24)28(34)21-33(38(3,36)37)26-17-15-25(30)16-18-26/h5-18,22,27H,4,19-21H2,1-3H3,(H,31,35)/t22-,27-/m0/s1. The predicted octanol–water partition coefficient (Wildman–Crippen LogP) is 4.66. The van der Waals surface area contributed by atoms with Crippen LogP contribution < -0.4 is 9.62 Å². The summed E-state index contributed by atoms with van der Waals surface area (Å²) < 4.78 is 26.5. The summed E-state index contributed by atoms with van der Waals surface area (Å²) in [7, 11) is -3.82. The van der Waals surface area contributed by atoms with Gasteiger partial charge in [0.05, 0.1) is 11.9 Å². The van der Waals surface area contributed by atoms with Crippen molar-refractivity contribution in [2.45, 2.75) is 45.3 Å². The molecule has 0 fully saturated rings. The first-order valence-electron chi connectivity index (χ1n) is 12.5. The first kappa shape index (κ1) is 29.2. The second-order valence-corrected chi connectivity index (χ2v) is 11.6. The minimum absolute atomic E-state index is 0.0870. The van der Waals surface area contributed by atoms with Gasteiger partial charge in [0.1, 0.15) is 12.6 Å². The Morgan fingerprint density at radius 2 is 1.45 bits per heavy atom. The van der Waals surface area contributed by atoms with E-state index in [0.29, 0.717) is 10.7 Å². The highest BCUT2D eigenvalue weighted by Gasteiger charge is 2.33. The third-order valence-electron chi connectivity index (χ3n) is 6.26. The number of amides is 2. The van der Waals surface area contributed by atoms with Gasteiger partial charge in [-0.15, -0.1) is 0 Å². The third-order valence-corrected chi connectivity index (χ3v) is 7.65. The van der Waals surface area contributed by atoms with Crippen molar-refractivity contribution < 1.29 is 18.0 Å². The third kappa shape index (κ3) is 8.33. The van der Waals surface area contributed by atoms with E-state index in [2.05, 4.69) is 5.32 Å². The summed E-state index contributed by atoms with van der Waals surface area (Å²) in [6.07, 6.45) is 2.06. The fraction of sp³-hybridized carbons (Fsp3) is 0.310. The molecule has 0 aliphatic carbocycles. The molecule has 3 aromatic rings. The van der Waals surface area contributed by atoms with E-state index >= 15 is 0 Å². The number of hydrogen-bond donors (Lipinski definition) is 1. The van der Waals surface area contributed by atoms with Crippen LogP contribution in [-0.4, -0.2) is 50.0 Å². The minimum Gasteiger partial charge on any atom is -0.352 e. The van der Waals surface area contributed by atoms with Gasteiger partial charge in [-0.05, 0) is 48.7 Å². The van der Waals surface area contributed by atoms with Crippen LogP contribution in [-0.2, 0) is 32.6 Å². The smallest absolute Gasteiger partial charge is 0.244 e. The van der Waals surface area contributed by atoms with E-state index < -0.39 is 28.5 Å².